The van der Waals surface area contributed by atoms with Gasteiger partial charge in [-0.2, -0.15) is 0 Å². The van der Waals surface area contributed by atoms with Crippen LogP contribution in [0.1, 0.15) is 24.7 Å². The molecular formula is C27H34ClN3O4. The molecule has 1 N–H and O–H groups in total. The number of benzene rings is 2. The molecule has 0 saturated carbocycles. The molecule has 8 heteroatoms. The lowest BCUT2D eigenvalue weighted by Crippen LogP contribution is -2.48. The summed E-state index contributed by atoms with van der Waals surface area (Å²) in [5.74, 6) is 2.59. The van der Waals surface area contributed by atoms with Crippen LogP contribution in [0, 0.1) is 0 Å². The van der Waals surface area contributed by atoms with Crippen molar-refractivity contribution in [3.63, 3.8) is 0 Å². The van der Waals surface area contributed by atoms with Crippen molar-refractivity contribution in [3.8, 4) is 11.5 Å². The van der Waals surface area contributed by atoms with Gasteiger partial charge in [0, 0.05) is 50.0 Å². The van der Waals surface area contributed by atoms with Crippen molar-refractivity contribution in [2.45, 2.75) is 38.5 Å². The van der Waals surface area contributed by atoms with Gasteiger partial charge in [-0.3, -0.25) is 4.90 Å². The minimum absolute atomic E-state index is 0.129. The van der Waals surface area contributed by atoms with E-state index in [1.165, 1.54) is 0 Å². The van der Waals surface area contributed by atoms with Gasteiger partial charge in [0.15, 0.2) is 0 Å². The molecule has 188 valence electrons. The number of imidazole rings is 1. The Labute approximate surface area is 212 Å². The van der Waals surface area contributed by atoms with Crippen LogP contribution in [0.15, 0.2) is 60.9 Å². The Morgan fingerprint density at radius 3 is 2.80 bits per heavy atom. The van der Waals surface area contributed by atoms with Gasteiger partial charge < -0.3 is 23.9 Å². The summed E-state index contributed by atoms with van der Waals surface area (Å²) in [4.78, 5) is 6.56. The summed E-state index contributed by atoms with van der Waals surface area (Å²) in [5, 5.41) is 11.8. The molecule has 1 aromatic heterocycles. The lowest BCUT2D eigenvalue weighted by Gasteiger charge is -2.30. The number of ether oxygens (including phenoxy) is 3. The number of rotatable bonds is 11. The number of aliphatic hydroxyl groups is 1. The van der Waals surface area contributed by atoms with E-state index in [4.69, 9.17) is 25.8 Å². The van der Waals surface area contributed by atoms with Gasteiger partial charge in [0.2, 0.25) is 0 Å². The molecule has 0 radical (unpaired) electrons. The number of hydrogen-bond acceptors (Lipinski definition) is 6. The summed E-state index contributed by atoms with van der Waals surface area (Å²) in [6.45, 7) is 6.44. The van der Waals surface area contributed by atoms with Gasteiger partial charge in [0.25, 0.3) is 0 Å². The fourth-order valence-electron chi connectivity index (χ4n) is 4.27. The highest BCUT2D eigenvalue weighted by molar-refractivity contribution is 6.30. The van der Waals surface area contributed by atoms with Crippen LogP contribution in [-0.2, 0) is 24.2 Å². The van der Waals surface area contributed by atoms with E-state index < -0.39 is 5.60 Å². The molecule has 0 bridgehead atoms. The largest absolute Gasteiger partial charge is 0.494 e. The summed E-state index contributed by atoms with van der Waals surface area (Å²) in [7, 11) is 0. The minimum atomic E-state index is -1.11. The first-order chi connectivity index (χ1) is 17.0. The van der Waals surface area contributed by atoms with Crippen LogP contribution >= 0.6 is 11.6 Å². The summed E-state index contributed by atoms with van der Waals surface area (Å²) in [5.41, 5.74) is 0.0165. The van der Waals surface area contributed by atoms with Gasteiger partial charge in [-0.15, -0.1) is 0 Å². The lowest BCUT2D eigenvalue weighted by molar-refractivity contribution is -0.0646. The Morgan fingerprint density at radius 1 is 1.14 bits per heavy atom. The Morgan fingerprint density at radius 2 is 1.97 bits per heavy atom. The molecule has 0 amide bonds. The van der Waals surface area contributed by atoms with Crippen LogP contribution in [0.25, 0.3) is 0 Å². The van der Waals surface area contributed by atoms with Crippen molar-refractivity contribution in [2.24, 2.45) is 0 Å². The molecule has 4 rings (SSSR count). The molecule has 1 aliphatic rings. The molecule has 3 aromatic rings. The van der Waals surface area contributed by atoms with E-state index in [-0.39, 0.29) is 13.2 Å². The molecule has 1 unspecified atom stereocenters. The first-order valence-electron chi connectivity index (χ1n) is 12.2. The Bertz CT molecular complexity index is 1080. The number of aromatic nitrogens is 2. The molecule has 35 heavy (non-hydrogen) atoms. The normalized spacial score (nSPS) is 18.8. The molecule has 2 heterocycles. The molecule has 2 aromatic carbocycles. The summed E-state index contributed by atoms with van der Waals surface area (Å²) < 4.78 is 19.7. The number of aryl methyl sites for hydroxylation is 2. The number of hydrogen-bond donors (Lipinski definition) is 1. The minimum Gasteiger partial charge on any atom is -0.494 e. The Balaban J connectivity index is 1.28. The molecule has 1 aliphatic heterocycles. The average molecular weight is 500 g/mol. The van der Waals surface area contributed by atoms with Crippen molar-refractivity contribution in [1.82, 2.24) is 14.5 Å². The van der Waals surface area contributed by atoms with E-state index in [0.717, 1.165) is 43.1 Å². The Kier molecular flexibility index (Phi) is 9.04. The van der Waals surface area contributed by atoms with E-state index in [0.29, 0.717) is 37.1 Å². The number of β-amino-alcohol motifs (C(OH)–C–C–N with tert-alkyl or cyclic N) is 1. The van der Waals surface area contributed by atoms with Crippen LogP contribution in [0.5, 0.6) is 11.5 Å². The van der Waals surface area contributed by atoms with Gasteiger partial charge >= 0.3 is 0 Å². The van der Waals surface area contributed by atoms with Crippen molar-refractivity contribution in [1.29, 1.82) is 0 Å². The summed E-state index contributed by atoms with van der Waals surface area (Å²) >= 11 is 6.04. The second-order valence-electron chi connectivity index (χ2n) is 8.97. The monoisotopic (exact) mass is 499 g/mol. The molecule has 1 fully saturated rings. The third kappa shape index (κ3) is 7.70. The van der Waals surface area contributed by atoms with Crippen LogP contribution < -0.4 is 9.47 Å². The standard InChI is InChI=1S/C27H34ClN3O4/c1-2-26-29-10-12-31(26)11-5-14-34-24-8-3-6-22(16-24)18-30-13-15-33-20-27(32,19-30)21-35-25-9-4-7-23(28)17-25/h3-4,6-10,12,16-17,32H,2,5,11,13-15,18-21H2,1H3. The van der Waals surface area contributed by atoms with E-state index in [9.17, 15) is 5.11 Å². The zero-order chi connectivity index (χ0) is 24.5. The molecule has 7 nitrogen and oxygen atoms in total. The highest BCUT2D eigenvalue weighted by Crippen LogP contribution is 2.22. The van der Waals surface area contributed by atoms with Crippen molar-refractivity contribution in [2.75, 3.05) is 39.5 Å². The highest BCUT2D eigenvalue weighted by Gasteiger charge is 2.33. The van der Waals surface area contributed by atoms with Crippen LogP contribution in [-0.4, -0.2) is 64.7 Å². The zero-order valence-electron chi connectivity index (χ0n) is 20.2. The second-order valence-corrected chi connectivity index (χ2v) is 9.41. The van der Waals surface area contributed by atoms with Crippen molar-refractivity contribution < 1.29 is 19.3 Å². The first-order valence-corrected chi connectivity index (χ1v) is 12.5. The fraction of sp³-hybridized carbons (Fsp3) is 0.444. The smallest absolute Gasteiger partial charge is 0.134 e. The summed E-state index contributed by atoms with van der Waals surface area (Å²) in [6.07, 6.45) is 5.71. The summed E-state index contributed by atoms with van der Waals surface area (Å²) in [6, 6.07) is 15.3. The van der Waals surface area contributed by atoms with Gasteiger partial charge in [0.05, 0.1) is 19.8 Å². The quantitative estimate of drug-likeness (QED) is 0.399. The van der Waals surface area contributed by atoms with Crippen molar-refractivity contribution in [3.05, 3.63) is 77.3 Å². The fourth-order valence-corrected chi connectivity index (χ4v) is 4.45. The van der Waals surface area contributed by atoms with E-state index in [1.807, 2.05) is 36.7 Å². The van der Waals surface area contributed by atoms with E-state index in [2.05, 4.69) is 33.5 Å². The van der Waals surface area contributed by atoms with Gasteiger partial charge in [-0.05, 0) is 42.3 Å². The maximum absolute atomic E-state index is 11.2. The highest BCUT2D eigenvalue weighted by atomic mass is 35.5. The van der Waals surface area contributed by atoms with E-state index >= 15 is 0 Å². The second kappa shape index (κ2) is 12.4. The SMILES string of the molecule is CCc1nccn1CCCOc1cccc(CN2CCOCC(O)(COc3cccc(Cl)c3)C2)c1. The first kappa shape index (κ1) is 25.5. The lowest BCUT2D eigenvalue weighted by atomic mass is 10.1. The van der Waals surface area contributed by atoms with Crippen LogP contribution in [0.2, 0.25) is 5.02 Å². The van der Waals surface area contributed by atoms with Gasteiger partial charge in [-0.1, -0.05) is 36.7 Å². The average Bonchev–Trinajstić information content (AvgIpc) is 3.23. The molecule has 0 aliphatic carbocycles. The maximum Gasteiger partial charge on any atom is 0.134 e. The van der Waals surface area contributed by atoms with Crippen LogP contribution in [0.4, 0.5) is 0 Å². The number of nitrogens with zero attached hydrogens (tertiary/aromatic N) is 3. The predicted octanol–water partition coefficient (Wildman–Crippen LogP) is 4.21. The Hall–Kier alpha value is -2.58. The van der Waals surface area contributed by atoms with Crippen molar-refractivity contribution >= 4 is 11.6 Å². The number of halogens is 1. The maximum atomic E-state index is 11.2. The van der Waals surface area contributed by atoms with Gasteiger partial charge in [0.1, 0.15) is 29.5 Å². The third-order valence-corrected chi connectivity index (χ3v) is 6.21. The third-order valence-electron chi connectivity index (χ3n) is 5.98. The van der Waals surface area contributed by atoms with E-state index in [1.54, 1.807) is 12.1 Å². The zero-order valence-corrected chi connectivity index (χ0v) is 21.0. The van der Waals surface area contributed by atoms with Crippen LogP contribution in [0.3, 0.4) is 0 Å². The predicted molar refractivity (Wildman–Crippen MR) is 136 cm³/mol. The van der Waals surface area contributed by atoms with Gasteiger partial charge in [-0.25, -0.2) is 4.98 Å². The molecule has 0 spiro atoms. The molecular weight excluding hydrogens is 466 g/mol. The topological polar surface area (TPSA) is 69.0 Å². The molecule has 1 atom stereocenters. The molecule has 1 saturated heterocycles.